The number of aromatic carboxylic acids is 1. The van der Waals surface area contributed by atoms with Crippen molar-refractivity contribution >= 4 is 5.97 Å². The van der Waals surface area contributed by atoms with Crippen molar-refractivity contribution in [3.05, 3.63) is 29.1 Å². The van der Waals surface area contributed by atoms with E-state index in [0.717, 1.165) is 12.5 Å². The summed E-state index contributed by atoms with van der Waals surface area (Å²) < 4.78 is 18.9. The zero-order chi connectivity index (χ0) is 13.0. The summed E-state index contributed by atoms with van der Waals surface area (Å²) in [5.74, 6) is -0.909. The molecule has 0 radical (unpaired) electrons. The molecule has 1 aromatic rings. The maximum atomic E-state index is 13.4. The van der Waals surface area contributed by atoms with Gasteiger partial charge in [-0.3, -0.25) is 0 Å². The molecular formula is C13H17FO3. The molecule has 1 rings (SSSR count). The average molecular weight is 240 g/mol. The van der Waals surface area contributed by atoms with Crippen LogP contribution in [0, 0.1) is 18.7 Å². The van der Waals surface area contributed by atoms with Crippen LogP contribution in [0.3, 0.4) is 0 Å². The predicted molar refractivity (Wildman–Crippen MR) is 63.0 cm³/mol. The monoisotopic (exact) mass is 240 g/mol. The van der Waals surface area contributed by atoms with Crippen molar-refractivity contribution in [1.82, 2.24) is 0 Å². The second kappa shape index (κ2) is 5.66. The van der Waals surface area contributed by atoms with E-state index in [2.05, 4.69) is 13.8 Å². The zero-order valence-electron chi connectivity index (χ0n) is 10.3. The van der Waals surface area contributed by atoms with Crippen LogP contribution < -0.4 is 4.74 Å². The minimum atomic E-state index is -1.15. The number of ether oxygens (including phenoxy) is 1. The lowest BCUT2D eigenvalue weighted by Crippen LogP contribution is -2.05. The summed E-state index contributed by atoms with van der Waals surface area (Å²) in [6.45, 7) is 6.15. The molecule has 4 heteroatoms. The third kappa shape index (κ3) is 3.73. The van der Waals surface area contributed by atoms with Gasteiger partial charge in [-0.15, -0.1) is 0 Å². The maximum absolute atomic E-state index is 13.4. The number of carbonyl (C=O) groups is 1. The smallest absolute Gasteiger partial charge is 0.335 e. The molecule has 0 aliphatic carbocycles. The van der Waals surface area contributed by atoms with Gasteiger partial charge in [0.2, 0.25) is 0 Å². The van der Waals surface area contributed by atoms with E-state index < -0.39 is 11.8 Å². The normalized spacial score (nSPS) is 10.6. The first-order chi connectivity index (χ1) is 7.91. The van der Waals surface area contributed by atoms with Gasteiger partial charge >= 0.3 is 5.97 Å². The summed E-state index contributed by atoms with van der Waals surface area (Å²) >= 11 is 0. The van der Waals surface area contributed by atoms with Gasteiger partial charge < -0.3 is 9.84 Å². The van der Waals surface area contributed by atoms with Crippen molar-refractivity contribution in [2.45, 2.75) is 27.2 Å². The fourth-order valence-electron chi connectivity index (χ4n) is 1.33. The molecule has 0 heterocycles. The molecule has 0 amide bonds. The predicted octanol–water partition coefficient (Wildman–Crippen LogP) is 3.26. The topological polar surface area (TPSA) is 46.5 Å². The molecule has 0 aromatic heterocycles. The van der Waals surface area contributed by atoms with Crippen molar-refractivity contribution < 1.29 is 19.0 Å². The van der Waals surface area contributed by atoms with Crippen molar-refractivity contribution in [2.75, 3.05) is 6.61 Å². The lowest BCUT2D eigenvalue weighted by atomic mass is 10.1. The van der Waals surface area contributed by atoms with E-state index in [9.17, 15) is 9.18 Å². The zero-order valence-corrected chi connectivity index (χ0v) is 10.3. The van der Waals surface area contributed by atoms with E-state index in [1.807, 2.05) is 0 Å². The Kier molecular flexibility index (Phi) is 4.49. The van der Waals surface area contributed by atoms with E-state index in [1.54, 1.807) is 6.92 Å². The van der Waals surface area contributed by atoms with E-state index in [-0.39, 0.29) is 5.56 Å². The van der Waals surface area contributed by atoms with Crippen LogP contribution in [0.5, 0.6) is 5.75 Å². The van der Waals surface area contributed by atoms with Gasteiger partial charge in [-0.05, 0) is 31.4 Å². The van der Waals surface area contributed by atoms with Crippen LogP contribution in [0.4, 0.5) is 4.39 Å². The molecule has 94 valence electrons. The Balaban J connectivity index is 2.86. The molecule has 0 atom stereocenters. The Morgan fingerprint density at radius 3 is 2.65 bits per heavy atom. The van der Waals surface area contributed by atoms with Crippen LogP contribution in [0.1, 0.15) is 36.2 Å². The standard InChI is InChI=1S/C13H17FO3/c1-8(2)4-5-17-12-7-10(13(15)16)6-11(14)9(12)3/h6-8H,4-5H2,1-3H3,(H,15,16). The largest absolute Gasteiger partial charge is 0.493 e. The number of rotatable bonds is 5. The van der Waals surface area contributed by atoms with Gasteiger partial charge in [-0.1, -0.05) is 13.8 Å². The van der Waals surface area contributed by atoms with Crippen LogP contribution in [-0.4, -0.2) is 17.7 Å². The van der Waals surface area contributed by atoms with Gasteiger partial charge in [0.05, 0.1) is 12.2 Å². The van der Waals surface area contributed by atoms with Crippen molar-refractivity contribution in [3.8, 4) is 5.75 Å². The number of hydrogen-bond acceptors (Lipinski definition) is 2. The van der Waals surface area contributed by atoms with Crippen molar-refractivity contribution in [3.63, 3.8) is 0 Å². The second-order valence-electron chi connectivity index (χ2n) is 4.42. The van der Waals surface area contributed by atoms with Gasteiger partial charge in [0, 0.05) is 5.56 Å². The van der Waals surface area contributed by atoms with Crippen molar-refractivity contribution in [2.24, 2.45) is 5.92 Å². The lowest BCUT2D eigenvalue weighted by Gasteiger charge is -2.11. The number of benzene rings is 1. The van der Waals surface area contributed by atoms with Crippen LogP contribution in [0.15, 0.2) is 12.1 Å². The minimum absolute atomic E-state index is 0.0901. The highest BCUT2D eigenvalue weighted by atomic mass is 19.1. The SMILES string of the molecule is Cc1c(F)cc(C(=O)O)cc1OCCC(C)C. The van der Waals surface area contributed by atoms with Gasteiger partial charge in [0.15, 0.2) is 0 Å². The summed E-state index contributed by atoms with van der Waals surface area (Å²) in [4.78, 5) is 10.8. The number of hydrogen-bond donors (Lipinski definition) is 1. The Hall–Kier alpha value is -1.58. The Morgan fingerprint density at radius 2 is 2.12 bits per heavy atom. The van der Waals surface area contributed by atoms with Crippen molar-refractivity contribution in [1.29, 1.82) is 0 Å². The Morgan fingerprint density at radius 1 is 1.47 bits per heavy atom. The summed E-state index contributed by atoms with van der Waals surface area (Å²) in [5.41, 5.74) is 0.256. The fourth-order valence-corrected chi connectivity index (χ4v) is 1.33. The second-order valence-corrected chi connectivity index (χ2v) is 4.42. The molecule has 3 nitrogen and oxygen atoms in total. The molecule has 1 aromatic carbocycles. The highest BCUT2D eigenvalue weighted by Crippen LogP contribution is 2.23. The first-order valence-electron chi connectivity index (χ1n) is 5.58. The highest BCUT2D eigenvalue weighted by Gasteiger charge is 2.12. The summed E-state index contributed by atoms with van der Waals surface area (Å²) in [6, 6.07) is 2.37. The maximum Gasteiger partial charge on any atom is 0.335 e. The van der Waals surface area contributed by atoms with E-state index in [0.29, 0.717) is 23.8 Å². The van der Waals surface area contributed by atoms with Crippen LogP contribution in [0.2, 0.25) is 0 Å². The molecule has 1 N–H and O–H groups in total. The average Bonchev–Trinajstić information content (AvgIpc) is 2.23. The van der Waals surface area contributed by atoms with E-state index in [4.69, 9.17) is 9.84 Å². The number of carboxylic acids is 1. The fraction of sp³-hybridized carbons (Fsp3) is 0.462. The van der Waals surface area contributed by atoms with Crippen LogP contribution in [-0.2, 0) is 0 Å². The molecule has 0 saturated carbocycles. The Bertz CT molecular complexity index is 413. The van der Waals surface area contributed by atoms with Gasteiger partial charge in [-0.25, -0.2) is 9.18 Å². The first kappa shape index (κ1) is 13.5. The molecule has 0 aliphatic rings. The quantitative estimate of drug-likeness (QED) is 0.859. The van der Waals surface area contributed by atoms with Crippen LogP contribution >= 0.6 is 0 Å². The Labute approximate surface area is 100 Å². The van der Waals surface area contributed by atoms with Gasteiger partial charge in [0.25, 0.3) is 0 Å². The molecule has 0 unspecified atom stereocenters. The highest BCUT2D eigenvalue weighted by molar-refractivity contribution is 5.88. The molecule has 0 saturated heterocycles. The number of halogens is 1. The third-order valence-corrected chi connectivity index (χ3v) is 2.50. The van der Waals surface area contributed by atoms with Crippen LogP contribution in [0.25, 0.3) is 0 Å². The molecule has 0 bridgehead atoms. The molecule has 0 fully saturated rings. The first-order valence-corrected chi connectivity index (χ1v) is 5.58. The molecule has 0 spiro atoms. The van der Waals surface area contributed by atoms with Gasteiger partial charge in [0.1, 0.15) is 11.6 Å². The number of carboxylic acid groups (broad SMARTS) is 1. The van der Waals surface area contributed by atoms with E-state index in [1.165, 1.54) is 6.07 Å². The summed E-state index contributed by atoms with van der Waals surface area (Å²) in [6.07, 6.45) is 0.846. The minimum Gasteiger partial charge on any atom is -0.493 e. The van der Waals surface area contributed by atoms with Gasteiger partial charge in [-0.2, -0.15) is 0 Å². The lowest BCUT2D eigenvalue weighted by molar-refractivity contribution is 0.0695. The summed E-state index contributed by atoms with van der Waals surface area (Å²) in [7, 11) is 0. The molecule has 17 heavy (non-hydrogen) atoms. The molecular weight excluding hydrogens is 223 g/mol. The molecule has 0 aliphatic heterocycles. The van der Waals surface area contributed by atoms with E-state index >= 15 is 0 Å². The third-order valence-electron chi connectivity index (χ3n) is 2.50. The summed E-state index contributed by atoms with van der Waals surface area (Å²) in [5, 5.41) is 8.82.